The zero-order valence-electron chi connectivity index (χ0n) is 9.77. The van der Waals surface area contributed by atoms with Crippen LogP contribution in [0.4, 0.5) is 4.39 Å². The molecular weight excluding hydrogens is 237 g/mol. The summed E-state index contributed by atoms with van der Waals surface area (Å²) in [6, 6.07) is 9.01. The number of nitrogens with one attached hydrogen (secondary N) is 1. The number of halogens is 1. The SMILES string of the molecule is CCONC(=O)c1ccc(-c2ccc(F)cc2)o1. The van der Waals surface area contributed by atoms with Crippen LogP contribution in [-0.4, -0.2) is 12.5 Å². The number of rotatable bonds is 4. The molecule has 1 aromatic heterocycles. The van der Waals surface area contributed by atoms with Crippen molar-refractivity contribution in [1.29, 1.82) is 0 Å². The molecular formula is C13H12FNO3. The van der Waals surface area contributed by atoms with Crippen LogP contribution in [0.25, 0.3) is 11.3 Å². The second-order valence-electron chi connectivity index (χ2n) is 3.53. The molecule has 2 aromatic rings. The first-order chi connectivity index (χ1) is 8.70. The molecule has 5 heteroatoms. The standard InChI is InChI=1S/C13H12FNO3/c1-2-17-15-13(16)12-8-7-11(18-12)9-3-5-10(14)6-4-9/h3-8H,2H2,1H3,(H,15,16). The topological polar surface area (TPSA) is 51.5 Å². The molecule has 1 aromatic carbocycles. The highest BCUT2D eigenvalue weighted by Crippen LogP contribution is 2.22. The van der Waals surface area contributed by atoms with Crippen molar-refractivity contribution in [2.75, 3.05) is 6.61 Å². The average molecular weight is 249 g/mol. The molecule has 0 saturated carbocycles. The van der Waals surface area contributed by atoms with E-state index in [9.17, 15) is 9.18 Å². The first-order valence-corrected chi connectivity index (χ1v) is 5.48. The minimum absolute atomic E-state index is 0.141. The molecule has 0 aliphatic rings. The van der Waals surface area contributed by atoms with Crippen molar-refractivity contribution in [1.82, 2.24) is 5.48 Å². The van der Waals surface area contributed by atoms with Crippen LogP contribution in [0.15, 0.2) is 40.8 Å². The molecule has 4 nitrogen and oxygen atoms in total. The summed E-state index contributed by atoms with van der Waals surface area (Å²) in [7, 11) is 0. The first kappa shape index (κ1) is 12.3. The van der Waals surface area contributed by atoms with Crippen molar-refractivity contribution in [3.05, 3.63) is 48.0 Å². The van der Waals surface area contributed by atoms with Gasteiger partial charge in [-0.3, -0.25) is 9.63 Å². The maximum absolute atomic E-state index is 12.8. The van der Waals surface area contributed by atoms with Crippen molar-refractivity contribution in [2.45, 2.75) is 6.92 Å². The summed E-state index contributed by atoms with van der Waals surface area (Å²) in [4.78, 5) is 16.3. The predicted molar refractivity (Wildman–Crippen MR) is 63.2 cm³/mol. The van der Waals surface area contributed by atoms with Crippen molar-refractivity contribution in [2.24, 2.45) is 0 Å². The quantitative estimate of drug-likeness (QED) is 0.847. The molecule has 1 N–H and O–H groups in total. The second kappa shape index (κ2) is 5.46. The predicted octanol–water partition coefficient (Wildman–Crippen LogP) is 2.77. The van der Waals surface area contributed by atoms with Crippen molar-refractivity contribution < 1.29 is 18.4 Å². The number of amides is 1. The lowest BCUT2D eigenvalue weighted by molar-refractivity contribution is 0.0341. The number of carbonyl (C=O) groups excluding carboxylic acids is 1. The monoisotopic (exact) mass is 249 g/mol. The van der Waals surface area contributed by atoms with Crippen LogP contribution in [0.5, 0.6) is 0 Å². The highest BCUT2D eigenvalue weighted by atomic mass is 19.1. The molecule has 0 fully saturated rings. The van der Waals surface area contributed by atoms with E-state index in [0.29, 0.717) is 17.9 Å². The minimum Gasteiger partial charge on any atom is -0.451 e. The molecule has 94 valence electrons. The van der Waals surface area contributed by atoms with Gasteiger partial charge in [0.05, 0.1) is 6.61 Å². The normalized spacial score (nSPS) is 10.3. The number of carbonyl (C=O) groups is 1. The van der Waals surface area contributed by atoms with Gasteiger partial charge in [0.1, 0.15) is 11.6 Å². The molecule has 0 saturated heterocycles. The number of furan rings is 1. The summed E-state index contributed by atoms with van der Waals surface area (Å²) in [6.45, 7) is 2.13. The Labute approximate surface area is 103 Å². The molecule has 0 bridgehead atoms. The molecule has 0 radical (unpaired) electrons. The maximum Gasteiger partial charge on any atom is 0.310 e. The van der Waals surface area contributed by atoms with Gasteiger partial charge in [0.2, 0.25) is 0 Å². The van der Waals surface area contributed by atoms with E-state index in [1.54, 1.807) is 25.1 Å². The number of hydroxylamine groups is 1. The van der Waals surface area contributed by atoms with Gasteiger partial charge in [0.25, 0.3) is 0 Å². The van der Waals surface area contributed by atoms with E-state index in [0.717, 1.165) is 0 Å². The van der Waals surface area contributed by atoms with Gasteiger partial charge in [-0.1, -0.05) is 0 Å². The van der Waals surface area contributed by atoms with E-state index < -0.39 is 5.91 Å². The van der Waals surface area contributed by atoms with Crippen LogP contribution in [0.1, 0.15) is 17.5 Å². The summed E-state index contributed by atoms with van der Waals surface area (Å²) < 4.78 is 18.1. The van der Waals surface area contributed by atoms with Gasteiger partial charge in [0.15, 0.2) is 5.76 Å². The molecule has 2 rings (SSSR count). The highest BCUT2D eigenvalue weighted by Gasteiger charge is 2.11. The van der Waals surface area contributed by atoms with E-state index in [1.807, 2.05) is 0 Å². The Morgan fingerprint density at radius 1 is 1.28 bits per heavy atom. The lowest BCUT2D eigenvalue weighted by atomic mass is 10.2. The van der Waals surface area contributed by atoms with Crippen LogP contribution < -0.4 is 5.48 Å². The van der Waals surface area contributed by atoms with E-state index in [-0.39, 0.29) is 11.6 Å². The Hall–Kier alpha value is -2.14. The number of benzene rings is 1. The Kier molecular flexibility index (Phi) is 3.74. The Morgan fingerprint density at radius 2 is 2.00 bits per heavy atom. The number of hydrogen-bond acceptors (Lipinski definition) is 3. The maximum atomic E-state index is 12.8. The average Bonchev–Trinajstić information content (AvgIpc) is 2.86. The van der Waals surface area contributed by atoms with Crippen LogP contribution >= 0.6 is 0 Å². The smallest absolute Gasteiger partial charge is 0.310 e. The summed E-state index contributed by atoms with van der Waals surface area (Å²) in [5.74, 6) is -0.135. The Morgan fingerprint density at radius 3 is 2.67 bits per heavy atom. The fourth-order valence-corrected chi connectivity index (χ4v) is 1.42. The molecule has 0 unspecified atom stereocenters. The zero-order chi connectivity index (χ0) is 13.0. The van der Waals surface area contributed by atoms with Crippen LogP contribution in [0, 0.1) is 5.82 Å². The van der Waals surface area contributed by atoms with Gasteiger partial charge >= 0.3 is 5.91 Å². The summed E-state index contributed by atoms with van der Waals surface area (Å²) in [5, 5.41) is 0. The fourth-order valence-electron chi connectivity index (χ4n) is 1.42. The molecule has 1 amide bonds. The third-order valence-corrected chi connectivity index (χ3v) is 2.27. The lowest BCUT2D eigenvalue weighted by Gasteiger charge is -2.00. The molecule has 0 aliphatic carbocycles. The van der Waals surface area contributed by atoms with E-state index in [4.69, 9.17) is 9.25 Å². The van der Waals surface area contributed by atoms with Gasteiger partial charge in [-0.15, -0.1) is 0 Å². The fraction of sp³-hybridized carbons (Fsp3) is 0.154. The number of hydrogen-bond donors (Lipinski definition) is 1. The lowest BCUT2D eigenvalue weighted by Crippen LogP contribution is -2.22. The van der Waals surface area contributed by atoms with Gasteiger partial charge in [-0.2, -0.15) is 0 Å². The minimum atomic E-state index is -0.454. The molecule has 0 atom stereocenters. The van der Waals surface area contributed by atoms with Gasteiger partial charge < -0.3 is 4.42 Å². The first-order valence-electron chi connectivity index (χ1n) is 5.48. The van der Waals surface area contributed by atoms with Gasteiger partial charge in [0, 0.05) is 5.56 Å². The zero-order valence-corrected chi connectivity index (χ0v) is 9.77. The van der Waals surface area contributed by atoms with Gasteiger partial charge in [-0.25, -0.2) is 9.87 Å². The third-order valence-electron chi connectivity index (χ3n) is 2.27. The highest BCUT2D eigenvalue weighted by molar-refractivity contribution is 5.91. The van der Waals surface area contributed by atoms with Crippen LogP contribution in [0.2, 0.25) is 0 Å². The van der Waals surface area contributed by atoms with E-state index in [1.165, 1.54) is 18.2 Å². The molecule has 0 aliphatic heterocycles. The Balaban J connectivity index is 2.15. The summed E-state index contributed by atoms with van der Waals surface area (Å²) >= 11 is 0. The van der Waals surface area contributed by atoms with Crippen LogP contribution in [-0.2, 0) is 4.84 Å². The molecule has 1 heterocycles. The summed E-state index contributed by atoms with van der Waals surface area (Å²) in [5.41, 5.74) is 2.93. The van der Waals surface area contributed by atoms with Crippen molar-refractivity contribution in [3.63, 3.8) is 0 Å². The Bertz CT molecular complexity index is 533. The second-order valence-corrected chi connectivity index (χ2v) is 3.53. The molecule has 0 spiro atoms. The third kappa shape index (κ3) is 2.75. The van der Waals surface area contributed by atoms with Crippen molar-refractivity contribution in [3.8, 4) is 11.3 Å². The van der Waals surface area contributed by atoms with E-state index in [2.05, 4.69) is 5.48 Å². The van der Waals surface area contributed by atoms with Crippen molar-refractivity contribution >= 4 is 5.91 Å². The summed E-state index contributed by atoms with van der Waals surface area (Å²) in [6.07, 6.45) is 0. The van der Waals surface area contributed by atoms with Crippen LogP contribution in [0.3, 0.4) is 0 Å². The largest absolute Gasteiger partial charge is 0.451 e. The van der Waals surface area contributed by atoms with Gasteiger partial charge in [-0.05, 0) is 43.3 Å². The van der Waals surface area contributed by atoms with E-state index >= 15 is 0 Å². The molecule has 18 heavy (non-hydrogen) atoms.